The maximum atomic E-state index is 12.9. The summed E-state index contributed by atoms with van der Waals surface area (Å²) in [5.74, 6) is -0.888. The van der Waals surface area contributed by atoms with Gasteiger partial charge in [-0.1, -0.05) is 12.1 Å². The van der Waals surface area contributed by atoms with E-state index >= 15 is 0 Å². The van der Waals surface area contributed by atoms with Crippen molar-refractivity contribution in [2.45, 2.75) is 49.2 Å². The van der Waals surface area contributed by atoms with Crippen molar-refractivity contribution >= 4 is 16.0 Å². The summed E-state index contributed by atoms with van der Waals surface area (Å²) in [7, 11) is -3.65. The Hall–Kier alpha value is -1.44. The molecule has 0 spiro atoms. The number of sulfonamides is 1. The SMILES string of the molecule is CC1CN(S(=O)(=O)c2cccc(C3(C(=O)O)CC3)c2)CC(C)O1. The maximum Gasteiger partial charge on any atom is 0.314 e. The standard InChI is InChI=1S/C16H21NO5S/c1-11-9-17(10-12(2)22-11)23(20,21)14-5-3-4-13(8-14)16(6-7-16)15(18)19/h3-5,8,11-12H,6-7,9-10H2,1-2H3,(H,18,19). The molecule has 1 saturated carbocycles. The van der Waals surface area contributed by atoms with Crippen LogP contribution in [0, 0.1) is 0 Å². The molecule has 2 unspecified atom stereocenters. The Morgan fingerprint density at radius 1 is 1.26 bits per heavy atom. The Morgan fingerprint density at radius 2 is 1.87 bits per heavy atom. The van der Waals surface area contributed by atoms with Gasteiger partial charge in [-0.15, -0.1) is 0 Å². The Labute approximate surface area is 136 Å². The van der Waals surface area contributed by atoms with Crippen LogP contribution in [0.1, 0.15) is 32.3 Å². The molecule has 2 atom stereocenters. The highest BCUT2D eigenvalue weighted by Gasteiger charge is 2.52. The zero-order valence-electron chi connectivity index (χ0n) is 13.2. The third kappa shape index (κ3) is 2.88. The number of carboxylic acid groups (broad SMARTS) is 1. The van der Waals surface area contributed by atoms with Crippen LogP contribution >= 0.6 is 0 Å². The fraction of sp³-hybridized carbons (Fsp3) is 0.562. The Morgan fingerprint density at radius 3 is 2.39 bits per heavy atom. The van der Waals surface area contributed by atoms with Crippen LogP contribution in [0.15, 0.2) is 29.2 Å². The van der Waals surface area contributed by atoms with Gasteiger partial charge in [-0.05, 0) is 44.4 Å². The number of aliphatic carboxylic acids is 1. The first-order chi connectivity index (χ1) is 10.8. The third-order valence-electron chi connectivity index (χ3n) is 4.57. The van der Waals surface area contributed by atoms with Gasteiger partial charge >= 0.3 is 5.97 Å². The van der Waals surface area contributed by atoms with Gasteiger partial charge in [-0.25, -0.2) is 8.42 Å². The second-order valence-corrected chi connectivity index (χ2v) is 8.43. The molecule has 7 heteroatoms. The molecule has 3 rings (SSSR count). The van der Waals surface area contributed by atoms with Crippen molar-refractivity contribution in [3.8, 4) is 0 Å². The number of hydrogen-bond acceptors (Lipinski definition) is 4. The maximum absolute atomic E-state index is 12.9. The Balaban J connectivity index is 1.93. The number of hydrogen-bond donors (Lipinski definition) is 1. The molecule has 1 aliphatic heterocycles. The van der Waals surface area contributed by atoms with Gasteiger partial charge in [0.25, 0.3) is 0 Å². The van der Waals surface area contributed by atoms with E-state index in [2.05, 4.69) is 0 Å². The fourth-order valence-electron chi connectivity index (χ4n) is 3.18. The van der Waals surface area contributed by atoms with Gasteiger partial charge in [0.05, 0.1) is 22.5 Å². The summed E-state index contributed by atoms with van der Waals surface area (Å²) in [6.45, 7) is 4.30. The second-order valence-electron chi connectivity index (χ2n) is 6.49. The molecule has 0 bridgehead atoms. The number of nitrogens with zero attached hydrogens (tertiary/aromatic N) is 1. The van der Waals surface area contributed by atoms with Crippen molar-refractivity contribution in [3.63, 3.8) is 0 Å². The lowest BCUT2D eigenvalue weighted by Crippen LogP contribution is -2.48. The normalized spacial score (nSPS) is 27.6. The molecule has 6 nitrogen and oxygen atoms in total. The second kappa shape index (κ2) is 5.58. The molecule has 1 aromatic rings. The highest BCUT2D eigenvalue weighted by Crippen LogP contribution is 2.48. The predicted molar refractivity (Wildman–Crippen MR) is 83.8 cm³/mol. The minimum absolute atomic E-state index is 0.156. The topological polar surface area (TPSA) is 83.9 Å². The van der Waals surface area contributed by atoms with E-state index in [0.717, 1.165) is 0 Å². The smallest absolute Gasteiger partial charge is 0.314 e. The average Bonchev–Trinajstić information content (AvgIpc) is 3.28. The van der Waals surface area contributed by atoms with Crippen molar-refractivity contribution in [1.29, 1.82) is 0 Å². The van der Waals surface area contributed by atoms with Crippen molar-refractivity contribution in [1.82, 2.24) is 4.31 Å². The number of benzene rings is 1. The van der Waals surface area contributed by atoms with Gasteiger partial charge in [-0.2, -0.15) is 4.31 Å². The van der Waals surface area contributed by atoms with Gasteiger partial charge in [0, 0.05) is 13.1 Å². The number of ether oxygens (including phenoxy) is 1. The zero-order chi connectivity index (χ0) is 16.8. The van der Waals surface area contributed by atoms with Gasteiger partial charge in [0.1, 0.15) is 0 Å². The quantitative estimate of drug-likeness (QED) is 0.901. The van der Waals surface area contributed by atoms with Crippen LogP contribution < -0.4 is 0 Å². The predicted octanol–water partition coefficient (Wildman–Crippen LogP) is 1.60. The largest absolute Gasteiger partial charge is 0.481 e. The van der Waals surface area contributed by atoms with E-state index < -0.39 is 21.4 Å². The van der Waals surface area contributed by atoms with Crippen molar-refractivity contribution in [2.24, 2.45) is 0 Å². The number of morpholine rings is 1. The molecule has 2 aliphatic rings. The van der Waals surface area contributed by atoms with Gasteiger partial charge in [0.2, 0.25) is 10.0 Å². The Kier molecular flexibility index (Phi) is 3.98. The minimum Gasteiger partial charge on any atom is -0.481 e. The summed E-state index contributed by atoms with van der Waals surface area (Å²) in [5.41, 5.74) is -0.336. The van der Waals surface area contributed by atoms with Crippen molar-refractivity contribution in [3.05, 3.63) is 29.8 Å². The van der Waals surface area contributed by atoms with Crippen LogP contribution in [0.3, 0.4) is 0 Å². The minimum atomic E-state index is -3.65. The average molecular weight is 339 g/mol. The molecule has 1 aromatic carbocycles. The summed E-state index contributed by atoms with van der Waals surface area (Å²) < 4.78 is 32.7. The van der Waals surface area contributed by atoms with Crippen LogP contribution in [0.4, 0.5) is 0 Å². The zero-order valence-corrected chi connectivity index (χ0v) is 14.0. The first-order valence-corrected chi connectivity index (χ1v) is 9.19. The van der Waals surface area contributed by atoms with Gasteiger partial charge < -0.3 is 9.84 Å². The van der Waals surface area contributed by atoms with E-state index in [9.17, 15) is 18.3 Å². The molecule has 2 fully saturated rings. The summed E-state index contributed by atoms with van der Waals surface area (Å²) in [5, 5.41) is 9.39. The van der Waals surface area contributed by atoms with Gasteiger partial charge in [0.15, 0.2) is 0 Å². The van der Waals surface area contributed by atoms with Crippen LogP contribution in [0.25, 0.3) is 0 Å². The van der Waals surface area contributed by atoms with Crippen LogP contribution in [0.2, 0.25) is 0 Å². The fourth-order valence-corrected chi connectivity index (χ4v) is 4.82. The molecule has 1 aliphatic carbocycles. The van der Waals surface area contributed by atoms with Crippen LogP contribution in [-0.4, -0.2) is 49.1 Å². The number of carbonyl (C=O) groups is 1. The van der Waals surface area contributed by atoms with Crippen LogP contribution in [-0.2, 0) is 25.0 Å². The molecule has 0 radical (unpaired) electrons. The summed E-state index contributed by atoms with van der Waals surface area (Å²) >= 11 is 0. The van der Waals surface area contributed by atoms with E-state index in [1.54, 1.807) is 12.1 Å². The lowest BCUT2D eigenvalue weighted by atomic mass is 9.96. The molecule has 0 aromatic heterocycles. The molecule has 1 saturated heterocycles. The summed E-state index contributed by atoms with van der Waals surface area (Å²) in [6, 6.07) is 6.37. The van der Waals surface area contributed by atoms with Crippen LogP contribution in [0.5, 0.6) is 0 Å². The lowest BCUT2D eigenvalue weighted by molar-refractivity contribution is -0.140. The molecular weight excluding hydrogens is 318 g/mol. The van der Waals surface area contributed by atoms with Crippen molar-refractivity contribution in [2.75, 3.05) is 13.1 Å². The van der Waals surface area contributed by atoms with E-state index in [0.29, 0.717) is 31.5 Å². The molecule has 0 amide bonds. The Bertz CT molecular complexity index is 716. The monoisotopic (exact) mass is 339 g/mol. The first-order valence-electron chi connectivity index (χ1n) is 7.75. The molecular formula is C16H21NO5S. The molecule has 126 valence electrons. The van der Waals surface area contributed by atoms with E-state index in [-0.39, 0.29) is 17.1 Å². The van der Waals surface area contributed by atoms with E-state index in [1.807, 2.05) is 13.8 Å². The summed E-state index contributed by atoms with van der Waals surface area (Å²) in [4.78, 5) is 11.6. The summed E-state index contributed by atoms with van der Waals surface area (Å²) in [6.07, 6.45) is 0.783. The lowest BCUT2D eigenvalue weighted by Gasteiger charge is -2.34. The molecule has 23 heavy (non-hydrogen) atoms. The van der Waals surface area contributed by atoms with E-state index in [1.165, 1.54) is 16.4 Å². The highest BCUT2D eigenvalue weighted by molar-refractivity contribution is 7.89. The van der Waals surface area contributed by atoms with Gasteiger partial charge in [-0.3, -0.25) is 4.79 Å². The number of rotatable bonds is 4. The number of carboxylic acids is 1. The highest BCUT2D eigenvalue weighted by atomic mass is 32.2. The molecule has 1 N–H and O–H groups in total. The third-order valence-corrected chi connectivity index (χ3v) is 6.40. The first kappa shape index (κ1) is 16.4. The van der Waals surface area contributed by atoms with Crippen molar-refractivity contribution < 1.29 is 23.1 Å². The molecule has 1 heterocycles. The van der Waals surface area contributed by atoms with E-state index in [4.69, 9.17) is 4.74 Å².